The summed E-state index contributed by atoms with van der Waals surface area (Å²) < 4.78 is 4.66. The van der Waals surface area contributed by atoms with Crippen LogP contribution in [0, 0.1) is 0 Å². The highest BCUT2D eigenvalue weighted by Gasteiger charge is 1.93. The fourth-order valence-electron chi connectivity index (χ4n) is 0.968. The molecule has 3 heteroatoms. The van der Waals surface area contributed by atoms with E-state index in [-0.39, 0.29) is 12.5 Å². The number of carbonyl (C=O) groups excluding carboxylic acids is 1. The molecule has 0 saturated carbocycles. The van der Waals surface area contributed by atoms with Crippen molar-refractivity contribution in [2.45, 2.75) is 0 Å². The monoisotopic (exact) mass is 191 g/mol. The highest BCUT2D eigenvalue weighted by atomic mass is 16.5. The van der Waals surface area contributed by atoms with Crippen molar-refractivity contribution in [3.8, 4) is 0 Å². The van der Waals surface area contributed by atoms with E-state index in [0.717, 1.165) is 5.56 Å². The first-order chi connectivity index (χ1) is 6.83. The van der Waals surface area contributed by atoms with Gasteiger partial charge in [-0.15, -0.1) is 0 Å². The van der Waals surface area contributed by atoms with Crippen LogP contribution in [0.2, 0.25) is 0 Å². The van der Waals surface area contributed by atoms with Crippen LogP contribution in [0.4, 0.5) is 0 Å². The molecule has 1 rings (SSSR count). The van der Waals surface area contributed by atoms with Crippen LogP contribution >= 0.6 is 0 Å². The number of benzene rings is 1. The van der Waals surface area contributed by atoms with E-state index in [9.17, 15) is 4.79 Å². The summed E-state index contributed by atoms with van der Waals surface area (Å²) in [5, 5.41) is 2.59. The SMILES string of the molecule is COCC(=O)NC=Cc1ccccc1. The molecule has 0 aromatic heterocycles. The molecule has 0 radical (unpaired) electrons. The van der Waals surface area contributed by atoms with Crippen molar-refractivity contribution in [3.05, 3.63) is 42.1 Å². The lowest BCUT2D eigenvalue weighted by atomic mass is 10.2. The van der Waals surface area contributed by atoms with Crippen molar-refractivity contribution in [3.63, 3.8) is 0 Å². The Bertz CT molecular complexity index is 306. The van der Waals surface area contributed by atoms with Gasteiger partial charge in [0.25, 0.3) is 0 Å². The van der Waals surface area contributed by atoms with Gasteiger partial charge < -0.3 is 10.1 Å². The minimum absolute atomic E-state index is 0.0825. The largest absolute Gasteiger partial charge is 0.375 e. The Hall–Kier alpha value is -1.61. The van der Waals surface area contributed by atoms with Crippen LogP contribution in [0.3, 0.4) is 0 Å². The molecule has 0 bridgehead atoms. The Balaban J connectivity index is 2.38. The van der Waals surface area contributed by atoms with Crippen LogP contribution < -0.4 is 5.32 Å². The molecule has 1 aromatic rings. The predicted molar refractivity (Wildman–Crippen MR) is 55.5 cm³/mol. The van der Waals surface area contributed by atoms with Gasteiger partial charge >= 0.3 is 0 Å². The van der Waals surface area contributed by atoms with E-state index >= 15 is 0 Å². The van der Waals surface area contributed by atoms with Crippen molar-refractivity contribution in [2.75, 3.05) is 13.7 Å². The molecule has 0 fully saturated rings. The summed E-state index contributed by atoms with van der Waals surface area (Å²) in [6.45, 7) is 0.0825. The molecule has 1 amide bonds. The lowest BCUT2D eigenvalue weighted by molar-refractivity contribution is -0.123. The predicted octanol–water partition coefficient (Wildman–Crippen LogP) is 1.42. The van der Waals surface area contributed by atoms with Crippen molar-refractivity contribution in [1.82, 2.24) is 5.32 Å². The van der Waals surface area contributed by atoms with Crippen molar-refractivity contribution < 1.29 is 9.53 Å². The summed E-state index contributed by atoms with van der Waals surface area (Å²) in [6.07, 6.45) is 3.43. The van der Waals surface area contributed by atoms with Gasteiger partial charge in [-0.25, -0.2) is 0 Å². The zero-order chi connectivity index (χ0) is 10.2. The summed E-state index contributed by atoms with van der Waals surface area (Å²) in [4.78, 5) is 10.9. The molecule has 0 aliphatic carbocycles. The third-order valence-corrected chi connectivity index (χ3v) is 1.60. The van der Waals surface area contributed by atoms with E-state index < -0.39 is 0 Å². The lowest BCUT2D eigenvalue weighted by Crippen LogP contribution is -2.21. The quantitative estimate of drug-likeness (QED) is 0.781. The normalized spacial score (nSPS) is 10.4. The van der Waals surface area contributed by atoms with Gasteiger partial charge in [0.1, 0.15) is 6.61 Å². The van der Waals surface area contributed by atoms with Gasteiger partial charge in [-0.3, -0.25) is 4.79 Å². The van der Waals surface area contributed by atoms with Crippen molar-refractivity contribution >= 4 is 12.0 Å². The van der Waals surface area contributed by atoms with Crippen LogP contribution in [0.1, 0.15) is 5.56 Å². The van der Waals surface area contributed by atoms with Crippen LogP contribution in [0.15, 0.2) is 36.5 Å². The second-order valence-electron chi connectivity index (χ2n) is 2.74. The maximum atomic E-state index is 10.9. The Labute approximate surface area is 83.4 Å². The number of hydrogen-bond donors (Lipinski definition) is 1. The number of hydrogen-bond acceptors (Lipinski definition) is 2. The van der Waals surface area contributed by atoms with Gasteiger partial charge in [0.15, 0.2) is 0 Å². The molecule has 0 atom stereocenters. The van der Waals surface area contributed by atoms with Crippen molar-refractivity contribution in [1.29, 1.82) is 0 Å². The summed E-state index contributed by atoms with van der Waals surface area (Å²) in [6, 6.07) is 9.74. The number of rotatable bonds is 4. The number of nitrogens with one attached hydrogen (secondary N) is 1. The van der Waals surface area contributed by atoms with Gasteiger partial charge in [-0.1, -0.05) is 30.3 Å². The maximum absolute atomic E-state index is 10.9. The van der Waals surface area contributed by atoms with E-state index in [1.54, 1.807) is 6.20 Å². The molecule has 1 aromatic carbocycles. The second-order valence-corrected chi connectivity index (χ2v) is 2.74. The molecule has 74 valence electrons. The zero-order valence-electron chi connectivity index (χ0n) is 8.07. The molecule has 0 spiro atoms. The van der Waals surface area contributed by atoms with Crippen LogP contribution in [-0.2, 0) is 9.53 Å². The Kier molecular flexibility index (Phi) is 4.44. The molecule has 0 heterocycles. The first kappa shape index (κ1) is 10.5. The van der Waals surface area contributed by atoms with Gasteiger partial charge in [0, 0.05) is 13.3 Å². The molecular formula is C11H13NO2. The average molecular weight is 191 g/mol. The Morgan fingerprint density at radius 2 is 2.14 bits per heavy atom. The van der Waals surface area contributed by atoms with Gasteiger partial charge in [-0.05, 0) is 11.6 Å². The van der Waals surface area contributed by atoms with Crippen LogP contribution in [0.25, 0.3) is 6.08 Å². The fraction of sp³-hybridized carbons (Fsp3) is 0.182. The molecule has 0 aliphatic rings. The number of carbonyl (C=O) groups is 1. The highest BCUT2D eigenvalue weighted by Crippen LogP contribution is 1.99. The fourth-order valence-corrected chi connectivity index (χ4v) is 0.968. The maximum Gasteiger partial charge on any atom is 0.249 e. The van der Waals surface area contributed by atoms with E-state index in [2.05, 4.69) is 10.1 Å². The second kappa shape index (κ2) is 5.94. The number of amides is 1. The third kappa shape index (κ3) is 3.87. The molecule has 3 nitrogen and oxygen atoms in total. The molecule has 0 unspecified atom stereocenters. The zero-order valence-corrected chi connectivity index (χ0v) is 8.07. The number of ether oxygens (including phenoxy) is 1. The highest BCUT2D eigenvalue weighted by molar-refractivity contribution is 5.78. The average Bonchev–Trinajstić information content (AvgIpc) is 2.20. The van der Waals surface area contributed by atoms with Crippen molar-refractivity contribution in [2.24, 2.45) is 0 Å². The van der Waals surface area contributed by atoms with Crippen LogP contribution in [0.5, 0.6) is 0 Å². The Morgan fingerprint density at radius 1 is 1.43 bits per heavy atom. The molecule has 1 N–H and O–H groups in total. The molecule has 0 aliphatic heterocycles. The smallest absolute Gasteiger partial charge is 0.249 e. The summed E-state index contributed by atoms with van der Waals surface area (Å²) in [5.74, 6) is -0.153. The summed E-state index contributed by atoms with van der Waals surface area (Å²) in [7, 11) is 1.49. The van der Waals surface area contributed by atoms with Gasteiger partial charge in [0.2, 0.25) is 5.91 Å². The lowest BCUT2D eigenvalue weighted by Gasteiger charge is -1.97. The van der Waals surface area contributed by atoms with E-state index in [4.69, 9.17) is 0 Å². The topological polar surface area (TPSA) is 38.3 Å². The molecule has 14 heavy (non-hydrogen) atoms. The summed E-state index contributed by atoms with van der Waals surface area (Å²) >= 11 is 0. The van der Waals surface area contributed by atoms with E-state index in [0.29, 0.717) is 0 Å². The first-order valence-corrected chi connectivity index (χ1v) is 4.33. The molecule has 0 saturated heterocycles. The summed E-state index contributed by atoms with van der Waals surface area (Å²) in [5.41, 5.74) is 1.05. The number of methoxy groups -OCH3 is 1. The first-order valence-electron chi connectivity index (χ1n) is 4.33. The minimum atomic E-state index is -0.153. The Morgan fingerprint density at radius 3 is 2.79 bits per heavy atom. The van der Waals surface area contributed by atoms with Gasteiger partial charge in [-0.2, -0.15) is 0 Å². The van der Waals surface area contributed by atoms with E-state index in [1.165, 1.54) is 7.11 Å². The molecular weight excluding hydrogens is 178 g/mol. The minimum Gasteiger partial charge on any atom is -0.375 e. The van der Waals surface area contributed by atoms with Crippen LogP contribution in [-0.4, -0.2) is 19.6 Å². The third-order valence-electron chi connectivity index (χ3n) is 1.60. The standard InChI is InChI=1S/C11H13NO2/c1-14-9-11(13)12-8-7-10-5-3-2-4-6-10/h2-8H,9H2,1H3,(H,12,13). The van der Waals surface area contributed by atoms with E-state index in [1.807, 2.05) is 36.4 Å². The van der Waals surface area contributed by atoms with Gasteiger partial charge in [0.05, 0.1) is 0 Å².